The lowest BCUT2D eigenvalue weighted by atomic mass is 10.3. The van der Waals surface area contributed by atoms with Gasteiger partial charge in [0, 0.05) is 20.0 Å². The molecule has 0 aliphatic heterocycles. The van der Waals surface area contributed by atoms with E-state index in [4.69, 9.17) is 4.74 Å². The molecular weight excluding hydrogens is 372 g/mol. The molecule has 144 valence electrons. The summed E-state index contributed by atoms with van der Waals surface area (Å²) in [5.74, 6) is -0.415. The van der Waals surface area contributed by atoms with Crippen LogP contribution in [-0.4, -0.2) is 42.7 Å². The molecule has 0 N–H and O–H groups in total. The number of nitrogens with zero attached hydrogens (tertiary/aromatic N) is 4. The van der Waals surface area contributed by atoms with Crippen LogP contribution in [0.4, 0.5) is 0 Å². The molecule has 3 rings (SSSR count). The number of carbonyl (C=O) groups excluding carboxylic acids is 2. The summed E-state index contributed by atoms with van der Waals surface area (Å²) in [6, 6.07) is 0. The molecule has 0 radical (unpaired) electrons. The molecule has 0 saturated heterocycles. The molecule has 0 aromatic carbocycles. The Hall–Kier alpha value is -2.49. The summed E-state index contributed by atoms with van der Waals surface area (Å²) >= 11 is 0.867. The van der Waals surface area contributed by atoms with Gasteiger partial charge in [0.15, 0.2) is 16.7 Å². The predicted octanol–water partition coefficient (Wildman–Crippen LogP) is 0.517. The first-order valence-electron chi connectivity index (χ1n) is 8.57. The van der Waals surface area contributed by atoms with Gasteiger partial charge < -0.3 is 4.74 Å². The van der Waals surface area contributed by atoms with E-state index in [1.165, 1.54) is 25.6 Å². The van der Waals surface area contributed by atoms with Gasteiger partial charge in [-0.2, -0.15) is 0 Å². The van der Waals surface area contributed by atoms with E-state index in [1.54, 1.807) is 6.92 Å². The number of ketones is 1. The van der Waals surface area contributed by atoms with Gasteiger partial charge in [-0.25, -0.2) is 14.8 Å². The zero-order valence-corrected chi connectivity index (χ0v) is 16.3. The molecule has 1 atom stereocenters. The molecule has 27 heavy (non-hydrogen) atoms. The average Bonchev–Trinajstić information content (AvgIpc) is 3.47. The first-order valence-corrected chi connectivity index (χ1v) is 9.45. The smallest absolute Gasteiger partial charge is 0.332 e. The van der Waals surface area contributed by atoms with Crippen LogP contribution in [0, 0.1) is 0 Å². The molecule has 1 aliphatic carbocycles. The minimum atomic E-state index is -1.14. The van der Waals surface area contributed by atoms with Crippen LogP contribution in [0.3, 0.4) is 0 Å². The fourth-order valence-corrected chi connectivity index (χ4v) is 3.68. The molecule has 1 aliphatic rings. The van der Waals surface area contributed by atoms with Crippen LogP contribution in [0.25, 0.3) is 11.0 Å². The maximum Gasteiger partial charge on any atom is 0.332 e. The van der Waals surface area contributed by atoms with Crippen molar-refractivity contribution in [1.82, 2.24) is 19.1 Å². The van der Waals surface area contributed by atoms with Crippen LogP contribution in [0.1, 0.15) is 38.4 Å². The van der Waals surface area contributed by atoms with Crippen LogP contribution in [0.2, 0.25) is 0 Å². The first-order chi connectivity index (χ1) is 12.8. The van der Waals surface area contributed by atoms with Crippen molar-refractivity contribution in [2.75, 3.05) is 6.61 Å². The summed E-state index contributed by atoms with van der Waals surface area (Å²) in [7, 11) is 2.89. The van der Waals surface area contributed by atoms with Crippen molar-refractivity contribution in [2.24, 2.45) is 14.1 Å². The fraction of sp³-hybridized carbons (Fsp3) is 0.529. The van der Waals surface area contributed by atoms with Crippen molar-refractivity contribution in [2.45, 2.75) is 42.9 Å². The number of aryl methyl sites for hydroxylation is 1. The van der Waals surface area contributed by atoms with Gasteiger partial charge in [-0.3, -0.25) is 23.5 Å². The Morgan fingerprint density at radius 1 is 1.22 bits per heavy atom. The van der Waals surface area contributed by atoms with Gasteiger partial charge in [-0.05, 0) is 26.7 Å². The third-order valence-corrected chi connectivity index (χ3v) is 5.60. The lowest BCUT2D eigenvalue weighted by molar-refractivity contribution is -0.144. The SMILES string of the molecule is CCOC(=O)[C@@H](Sc1nc(C2CC2)nc2c1c(=O)n(C)c(=O)n2C)C(C)=O. The highest BCUT2D eigenvalue weighted by Crippen LogP contribution is 2.39. The Kier molecular flexibility index (Phi) is 5.18. The molecule has 2 aromatic heterocycles. The van der Waals surface area contributed by atoms with E-state index in [1.807, 2.05) is 0 Å². The molecule has 0 bridgehead atoms. The van der Waals surface area contributed by atoms with Gasteiger partial charge in [0.05, 0.1) is 6.61 Å². The topological polar surface area (TPSA) is 113 Å². The molecule has 0 spiro atoms. The van der Waals surface area contributed by atoms with E-state index in [-0.39, 0.29) is 28.6 Å². The Bertz CT molecular complexity index is 1050. The van der Waals surface area contributed by atoms with Crippen LogP contribution in [-0.2, 0) is 28.4 Å². The van der Waals surface area contributed by atoms with E-state index in [0.29, 0.717) is 5.82 Å². The molecular formula is C17H20N4O5S. The quantitative estimate of drug-likeness (QED) is 0.303. The minimum absolute atomic E-state index is 0.115. The van der Waals surface area contributed by atoms with E-state index in [0.717, 1.165) is 29.2 Å². The molecule has 2 aromatic rings. The van der Waals surface area contributed by atoms with E-state index in [9.17, 15) is 19.2 Å². The summed E-state index contributed by atoms with van der Waals surface area (Å²) in [6.07, 6.45) is 1.84. The zero-order chi connectivity index (χ0) is 19.9. The third kappa shape index (κ3) is 3.53. The van der Waals surface area contributed by atoms with E-state index in [2.05, 4.69) is 9.97 Å². The van der Waals surface area contributed by atoms with Crippen molar-refractivity contribution in [1.29, 1.82) is 0 Å². The average molecular weight is 392 g/mol. The number of thioether (sulfide) groups is 1. The number of rotatable bonds is 6. The highest BCUT2D eigenvalue weighted by atomic mass is 32.2. The minimum Gasteiger partial charge on any atom is -0.465 e. The second-order valence-corrected chi connectivity index (χ2v) is 7.52. The van der Waals surface area contributed by atoms with Gasteiger partial charge >= 0.3 is 11.7 Å². The standard InChI is InChI=1S/C17H20N4O5S/c1-5-26-16(24)11(8(2)22)27-14-10-13(18-12(19-14)9-6-7-9)20(3)17(25)21(4)15(10)23/h9,11H,5-7H2,1-4H3/t11-/m0/s1. The van der Waals surface area contributed by atoms with Crippen molar-refractivity contribution < 1.29 is 14.3 Å². The van der Waals surface area contributed by atoms with E-state index >= 15 is 0 Å². The van der Waals surface area contributed by atoms with Crippen molar-refractivity contribution >= 4 is 34.5 Å². The fourth-order valence-electron chi connectivity index (χ4n) is 2.68. The molecule has 1 fully saturated rings. The number of Topliss-reactive ketones (excluding diaryl/α,β-unsaturated/α-hetero) is 1. The Labute approximate surface area is 158 Å². The number of esters is 1. The summed E-state index contributed by atoms with van der Waals surface area (Å²) in [5, 5.41) is -0.812. The second-order valence-electron chi connectivity index (χ2n) is 6.43. The number of ether oxygens (including phenoxy) is 1. The number of hydrogen-bond acceptors (Lipinski definition) is 8. The maximum absolute atomic E-state index is 12.7. The second kappa shape index (κ2) is 7.26. The predicted molar refractivity (Wildman–Crippen MR) is 99.0 cm³/mol. The van der Waals surface area contributed by atoms with Crippen LogP contribution in [0.15, 0.2) is 14.6 Å². The number of hydrogen-bond donors (Lipinski definition) is 0. The first kappa shape index (κ1) is 19.3. The van der Waals surface area contributed by atoms with Crippen LogP contribution >= 0.6 is 11.8 Å². The number of aromatic nitrogens is 4. The highest BCUT2D eigenvalue weighted by Gasteiger charge is 2.32. The molecule has 0 unspecified atom stereocenters. The van der Waals surface area contributed by atoms with Crippen LogP contribution in [0.5, 0.6) is 0 Å². The summed E-state index contributed by atoms with van der Waals surface area (Å²) in [4.78, 5) is 58.1. The number of fused-ring (bicyclic) bond motifs is 1. The Morgan fingerprint density at radius 3 is 2.44 bits per heavy atom. The summed E-state index contributed by atoms with van der Waals surface area (Å²) < 4.78 is 7.21. The maximum atomic E-state index is 12.7. The van der Waals surface area contributed by atoms with Gasteiger partial charge in [-0.15, -0.1) is 0 Å². The molecule has 9 nitrogen and oxygen atoms in total. The number of carbonyl (C=O) groups is 2. The van der Waals surface area contributed by atoms with Gasteiger partial charge in [0.2, 0.25) is 0 Å². The van der Waals surface area contributed by atoms with Crippen molar-refractivity contribution in [3.8, 4) is 0 Å². The highest BCUT2D eigenvalue weighted by molar-refractivity contribution is 8.01. The monoisotopic (exact) mass is 392 g/mol. The summed E-state index contributed by atoms with van der Waals surface area (Å²) in [6.45, 7) is 3.07. The largest absolute Gasteiger partial charge is 0.465 e. The normalized spacial score (nSPS) is 15.0. The van der Waals surface area contributed by atoms with Crippen molar-refractivity contribution in [3.05, 3.63) is 26.7 Å². The third-order valence-electron chi connectivity index (χ3n) is 4.33. The van der Waals surface area contributed by atoms with Crippen molar-refractivity contribution in [3.63, 3.8) is 0 Å². The zero-order valence-electron chi connectivity index (χ0n) is 15.5. The lowest BCUT2D eigenvalue weighted by Crippen LogP contribution is -2.38. The molecule has 0 amide bonds. The van der Waals surface area contributed by atoms with Gasteiger partial charge in [-0.1, -0.05) is 11.8 Å². The summed E-state index contributed by atoms with van der Waals surface area (Å²) in [5.41, 5.74) is -0.866. The van der Waals surface area contributed by atoms with Gasteiger partial charge in [0.1, 0.15) is 16.2 Å². The van der Waals surface area contributed by atoms with Gasteiger partial charge in [0.25, 0.3) is 5.56 Å². The Morgan fingerprint density at radius 2 is 1.89 bits per heavy atom. The Balaban J connectivity index is 2.24. The lowest BCUT2D eigenvalue weighted by Gasteiger charge is -2.15. The molecule has 10 heteroatoms. The molecule has 2 heterocycles. The van der Waals surface area contributed by atoms with E-state index < -0.39 is 28.3 Å². The molecule has 1 saturated carbocycles. The van der Waals surface area contributed by atoms with Crippen LogP contribution < -0.4 is 11.2 Å².